The number of halogens is 1. The Kier molecular flexibility index (Phi) is 4.67. The molecule has 0 radical (unpaired) electrons. The van der Waals surface area contributed by atoms with Crippen LogP contribution in [0.4, 0.5) is 14.9 Å². The van der Waals surface area contributed by atoms with Gasteiger partial charge in [-0.05, 0) is 38.5 Å². The van der Waals surface area contributed by atoms with Gasteiger partial charge in [0, 0.05) is 0 Å². The number of carbonyl (C=O) groups is 2. The van der Waals surface area contributed by atoms with Gasteiger partial charge >= 0.3 is 12.1 Å². The van der Waals surface area contributed by atoms with Gasteiger partial charge in [-0.3, -0.25) is 10.1 Å². The van der Waals surface area contributed by atoms with E-state index in [2.05, 4.69) is 5.32 Å². The van der Waals surface area contributed by atoms with E-state index in [0.717, 1.165) is 12.1 Å². The lowest BCUT2D eigenvalue weighted by atomic mass is 10.1. The van der Waals surface area contributed by atoms with Crippen molar-refractivity contribution in [3.05, 3.63) is 29.6 Å². The summed E-state index contributed by atoms with van der Waals surface area (Å²) in [5, 5.41) is 11.0. The lowest BCUT2D eigenvalue weighted by molar-refractivity contribution is -0.138. The van der Waals surface area contributed by atoms with Crippen LogP contribution in [-0.2, 0) is 9.53 Å². The molecule has 0 aliphatic heterocycles. The third-order valence-corrected chi connectivity index (χ3v) is 2.25. The Labute approximate surface area is 115 Å². The van der Waals surface area contributed by atoms with Crippen LogP contribution in [0.3, 0.4) is 0 Å². The number of rotatable bonds is 3. The van der Waals surface area contributed by atoms with Crippen molar-refractivity contribution in [2.24, 2.45) is 5.73 Å². The maximum atomic E-state index is 13.6. The van der Waals surface area contributed by atoms with Crippen molar-refractivity contribution in [2.75, 3.05) is 5.32 Å². The summed E-state index contributed by atoms with van der Waals surface area (Å²) in [4.78, 5) is 22.3. The van der Waals surface area contributed by atoms with E-state index in [9.17, 15) is 14.0 Å². The molecular weight excluding hydrogens is 267 g/mol. The first-order valence-corrected chi connectivity index (χ1v) is 5.88. The number of carboxylic acid groups (broad SMARTS) is 1. The highest BCUT2D eigenvalue weighted by Crippen LogP contribution is 2.21. The molecule has 20 heavy (non-hydrogen) atoms. The van der Waals surface area contributed by atoms with Gasteiger partial charge in [0.2, 0.25) is 0 Å². The van der Waals surface area contributed by atoms with Crippen molar-refractivity contribution in [3.8, 4) is 0 Å². The number of amides is 1. The number of carbonyl (C=O) groups excluding carboxylic acids is 1. The molecule has 0 saturated heterocycles. The molecule has 1 aromatic rings. The second-order valence-corrected chi connectivity index (χ2v) is 5.18. The smallest absolute Gasteiger partial charge is 0.412 e. The first-order valence-electron chi connectivity index (χ1n) is 5.88. The normalized spacial score (nSPS) is 12.7. The molecule has 0 spiro atoms. The van der Waals surface area contributed by atoms with E-state index in [0.29, 0.717) is 0 Å². The minimum Gasteiger partial charge on any atom is -0.480 e. The summed E-state index contributed by atoms with van der Waals surface area (Å²) in [5.41, 5.74) is 4.68. The van der Waals surface area contributed by atoms with Gasteiger partial charge in [0.05, 0.1) is 5.69 Å². The second-order valence-electron chi connectivity index (χ2n) is 5.18. The van der Waals surface area contributed by atoms with Gasteiger partial charge in [-0.25, -0.2) is 9.18 Å². The molecule has 0 bridgehead atoms. The molecule has 0 aliphatic carbocycles. The number of hydrogen-bond acceptors (Lipinski definition) is 4. The number of nitrogens with one attached hydrogen (secondary N) is 1. The Morgan fingerprint density at radius 3 is 2.50 bits per heavy atom. The summed E-state index contributed by atoms with van der Waals surface area (Å²) in [6.45, 7) is 5.00. The molecule has 0 aliphatic rings. The van der Waals surface area contributed by atoms with Gasteiger partial charge in [0.1, 0.15) is 17.5 Å². The van der Waals surface area contributed by atoms with Crippen molar-refractivity contribution >= 4 is 17.7 Å². The Morgan fingerprint density at radius 1 is 1.40 bits per heavy atom. The zero-order valence-corrected chi connectivity index (χ0v) is 11.4. The maximum absolute atomic E-state index is 13.6. The van der Waals surface area contributed by atoms with Gasteiger partial charge < -0.3 is 15.6 Å². The average Bonchev–Trinajstić information content (AvgIpc) is 2.28. The largest absolute Gasteiger partial charge is 0.480 e. The van der Waals surface area contributed by atoms with Crippen LogP contribution in [0.1, 0.15) is 32.4 Å². The van der Waals surface area contributed by atoms with E-state index in [4.69, 9.17) is 15.6 Å². The number of ether oxygens (including phenoxy) is 1. The Bertz CT molecular complexity index is 526. The molecule has 110 valence electrons. The van der Waals surface area contributed by atoms with Crippen LogP contribution in [-0.4, -0.2) is 22.8 Å². The van der Waals surface area contributed by atoms with Crippen LogP contribution in [0.2, 0.25) is 0 Å². The first kappa shape index (κ1) is 15.9. The predicted octanol–water partition coefficient (Wildman–Crippen LogP) is 2.26. The fraction of sp³-hybridized carbons (Fsp3) is 0.385. The van der Waals surface area contributed by atoms with Crippen LogP contribution in [0.25, 0.3) is 0 Å². The van der Waals surface area contributed by atoms with E-state index in [1.54, 1.807) is 20.8 Å². The van der Waals surface area contributed by atoms with Gasteiger partial charge in [-0.2, -0.15) is 0 Å². The molecule has 0 fully saturated rings. The summed E-state index contributed by atoms with van der Waals surface area (Å²) < 4.78 is 18.5. The summed E-state index contributed by atoms with van der Waals surface area (Å²) in [6, 6.07) is 2.15. The van der Waals surface area contributed by atoms with E-state index >= 15 is 0 Å². The van der Waals surface area contributed by atoms with Crippen LogP contribution < -0.4 is 11.1 Å². The van der Waals surface area contributed by atoms with Crippen LogP contribution >= 0.6 is 0 Å². The minimum absolute atomic E-state index is 0.171. The highest BCUT2D eigenvalue weighted by Gasteiger charge is 2.19. The Balaban J connectivity index is 2.92. The Morgan fingerprint density at radius 2 is 2.00 bits per heavy atom. The highest BCUT2D eigenvalue weighted by molar-refractivity contribution is 5.85. The Hall–Kier alpha value is -2.15. The van der Waals surface area contributed by atoms with E-state index < -0.39 is 29.5 Å². The molecule has 7 heteroatoms. The number of hydrogen-bond donors (Lipinski definition) is 3. The quantitative estimate of drug-likeness (QED) is 0.790. The van der Waals surface area contributed by atoms with Gasteiger partial charge in [-0.1, -0.05) is 6.07 Å². The molecule has 1 aromatic carbocycles. The summed E-state index contributed by atoms with van der Waals surface area (Å²) in [5.74, 6) is -1.96. The fourth-order valence-electron chi connectivity index (χ4n) is 1.39. The van der Waals surface area contributed by atoms with Crippen molar-refractivity contribution < 1.29 is 23.8 Å². The van der Waals surface area contributed by atoms with Crippen molar-refractivity contribution in [3.63, 3.8) is 0 Å². The minimum atomic E-state index is -1.30. The third kappa shape index (κ3) is 4.51. The van der Waals surface area contributed by atoms with E-state index in [-0.39, 0.29) is 11.3 Å². The van der Waals surface area contributed by atoms with Crippen LogP contribution in [0, 0.1) is 5.82 Å². The molecule has 0 aromatic heterocycles. The second kappa shape index (κ2) is 5.87. The lowest BCUT2D eigenvalue weighted by Crippen LogP contribution is -2.27. The topological polar surface area (TPSA) is 102 Å². The molecule has 1 unspecified atom stereocenters. The summed E-state index contributed by atoms with van der Waals surface area (Å²) in [6.07, 6.45) is -0.836. The summed E-state index contributed by atoms with van der Waals surface area (Å²) in [7, 11) is 0. The van der Waals surface area contributed by atoms with E-state index in [1.165, 1.54) is 6.07 Å². The van der Waals surface area contributed by atoms with Crippen molar-refractivity contribution in [1.82, 2.24) is 0 Å². The van der Waals surface area contributed by atoms with Crippen LogP contribution in [0.5, 0.6) is 0 Å². The lowest BCUT2D eigenvalue weighted by Gasteiger charge is -2.20. The standard InChI is InChI=1S/C13H17FN2O4/c1-13(2,3)20-12(19)16-9-6-7(4-5-8(9)14)10(15)11(17)18/h4-6,10H,15H2,1-3H3,(H,16,19)(H,17,18). The number of nitrogens with two attached hydrogens (primary N) is 1. The molecular formula is C13H17FN2O4. The fourth-order valence-corrected chi connectivity index (χ4v) is 1.39. The molecule has 0 saturated carbocycles. The number of anilines is 1. The zero-order valence-electron chi connectivity index (χ0n) is 11.4. The summed E-state index contributed by atoms with van der Waals surface area (Å²) >= 11 is 0. The van der Waals surface area contributed by atoms with Gasteiger partial charge in [-0.15, -0.1) is 0 Å². The monoisotopic (exact) mass is 284 g/mol. The van der Waals surface area contributed by atoms with Crippen LogP contribution in [0.15, 0.2) is 18.2 Å². The van der Waals surface area contributed by atoms with Crippen molar-refractivity contribution in [2.45, 2.75) is 32.4 Å². The van der Waals surface area contributed by atoms with Crippen molar-refractivity contribution in [1.29, 1.82) is 0 Å². The molecule has 1 atom stereocenters. The van der Waals surface area contributed by atoms with E-state index in [1.807, 2.05) is 0 Å². The molecule has 0 heterocycles. The predicted molar refractivity (Wildman–Crippen MR) is 70.8 cm³/mol. The van der Waals surface area contributed by atoms with Gasteiger partial charge in [0.15, 0.2) is 0 Å². The number of carboxylic acids is 1. The average molecular weight is 284 g/mol. The third-order valence-electron chi connectivity index (χ3n) is 2.25. The number of benzene rings is 1. The number of aliphatic carboxylic acids is 1. The maximum Gasteiger partial charge on any atom is 0.412 e. The molecule has 1 amide bonds. The molecule has 1 rings (SSSR count). The zero-order chi connectivity index (χ0) is 15.5. The molecule has 4 N–H and O–H groups in total. The molecule has 6 nitrogen and oxygen atoms in total. The highest BCUT2D eigenvalue weighted by atomic mass is 19.1. The first-order chi connectivity index (χ1) is 9.10. The SMILES string of the molecule is CC(C)(C)OC(=O)Nc1cc(C(N)C(=O)O)ccc1F. The van der Waals surface area contributed by atoms with Gasteiger partial charge in [0.25, 0.3) is 0 Å².